The van der Waals surface area contributed by atoms with Crippen molar-refractivity contribution < 1.29 is 29.0 Å². The highest BCUT2D eigenvalue weighted by Gasteiger charge is 2.30. The molecule has 35 heavy (non-hydrogen) atoms. The van der Waals surface area contributed by atoms with Gasteiger partial charge in [-0.3, -0.25) is 0 Å². The maximum atomic E-state index is 12.6. The first-order chi connectivity index (χ1) is 16.7. The third-order valence-electron chi connectivity index (χ3n) is 6.60. The number of rotatable bonds is 10. The number of aliphatic carboxylic acids is 1. The number of amides is 2. The lowest BCUT2D eigenvalue weighted by Gasteiger charge is -2.24. The smallest absolute Gasteiger partial charge is 0.407 e. The summed E-state index contributed by atoms with van der Waals surface area (Å²) in [6, 6.07) is 14.7. The Morgan fingerprint density at radius 1 is 0.886 bits per heavy atom. The fraction of sp³-hybridized carbons (Fsp3) is 0.444. The molecule has 2 aromatic carbocycles. The van der Waals surface area contributed by atoms with Crippen molar-refractivity contribution in [3.63, 3.8) is 0 Å². The van der Waals surface area contributed by atoms with E-state index >= 15 is 0 Å². The minimum absolute atomic E-state index is 0.0480. The lowest BCUT2D eigenvalue weighted by Crippen LogP contribution is -2.47. The van der Waals surface area contributed by atoms with Gasteiger partial charge in [0.15, 0.2) is 0 Å². The molecule has 0 spiro atoms. The van der Waals surface area contributed by atoms with Gasteiger partial charge in [-0.05, 0) is 34.1 Å². The average molecular weight is 483 g/mol. The van der Waals surface area contributed by atoms with E-state index in [2.05, 4.69) is 34.9 Å². The monoisotopic (exact) mass is 482 g/mol. The molecule has 3 rings (SSSR count). The molecule has 3 atom stereocenters. The fourth-order valence-electron chi connectivity index (χ4n) is 4.21. The number of alkyl carbamates (subject to hydrolysis) is 2. The highest BCUT2D eigenvalue weighted by Crippen LogP contribution is 2.44. The molecule has 0 saturated carbocycles. The van der Waals surface area contributed by atoms with Gasteiger partial charge in [-0.15, -0.1) is 0 Å². The third-order valence-corrected chi connectivity index (χ3v) is 6.60. The van der Waals surface area contributed by atoms with Gasteiger partial charge in [-0.25, -0.2) is 14.4 Å². The Morgan fingerprint density at radius 2 is 1.43 bits per heavy atom. The number of benzene rings is 2. The summed E-state index contributed by atoms with van der Waals surface area (Å²) in [5.74, 6) is -1.47. The van der Waals surface area contributed by atoms with Gasteiger partial charge in [0.05, 0.1) is 6.04 Å². The second-order valence-corrected chi connectivity index (χ2v) is 9.26. The number of carboxylic acid groups (broad SMARTS) is 1. The summed E-state index contributed by atoms with van der Waals surface area (Å²) in [5, 5.41) is 14.5. The van der Waals surface area contributed by atoms with Crippen LogP contribution >= 0.6 is 0 Å². The van der Waals surface area contributed by atoms with Crippen molar-refractivity contribution in [2.45, 2.75) is 52.1 Å². The van der Waals surface area contributed by atoms with E-state index in [1.807, 2.05) is 45.0 Å². The van der Waals surface area contributed by atoms with Gasteiger partial charge in [-0.2, -0.15) is 0 Å². The van der Waals surface area contributed by atoms with Crippen LogP contribution in [0, 0.1) is 11.8 Å². The standard InChI is InChI=1S/C27H34N2O6/c1-5-17(4)24(25(30)31)29-27(33)35-15-23(16(2)3)28-26(32)34-14-22-20-12-8-6-10-18(20)19-11-7-9-13-21(19)22/h6-13,16-17,22-24H,5,14-15H2,1-4H3,(H,28,32)(H,29,33)(H,30,31)/t17-,23+,24-/m0/s1. The Hall–Kier alpha value is -3.55. The molecule has 0 aliphatic heterocycles. The van der Waals surface area contributed by atoms with E-state index in [0.717, 1.165) is 22.3 Å². The first-order valence-corrected chi connectivity index (χ1v) is 12.0. The van der Waals surface area contributed by atoms with Crippen LogP contribution in [0.1, 0.15) is 51.2 Å². The van der Waals surface area contributed by atoms with E-state index in [9.17, 15) is 19.5 Å². The molecule has 2 amide bonds. The van der Waals surface area contributed by atoms with E-state index in [1.54, 1.807) is 6.92 Å². The van der Waals surface area contributed by atoms with Crippen LogP contribution in [0.2, 0.25) is 0 Å². The number of carbonyl (C=O) groups excluding carboxylic acids is 2. The topological polar surface area (TPSA) is 114 Å². The van der Waals surface area contributed by atoms with Crippen LogP contribution in [0.25, 0.3) is 11.1 Å². The minimum atomic E-state index is -1.12. The maximum absolute atomic E-state index is 12.6. The molecule has 0 aromatic heterocycles. The molecule has 188 valence electrons. The largest absolute Gasteiger partial charge is 0.480 e. The molecule has 8 nitrogen and oxygen atoms in total. The predicted octanol–water partition coefficient (Wildman–Crippen LogP) is 4.78. The van der Waals surface area contributed by atoms with Gasteiger partial charge in [-0.1, -0.05) is 82.6 Å². The number of hydrogen-bond donors (Lipinski definition) is 3. The van der Waals surface area contributed by atoms with Crippen molar-refractivity contribution in [1.29, 1.82) is 0 Å². The van der Waals surface area contributed by atoms with Gasteiger partial charge in [0.2, 0.25) is 0 Å². The van der Waals surface area contributed by atoms with Crippen LogP contribution in [0.3, 0.4) is 0 Å². The zero-order chi connectivity index (χ0) is 25.5. The molecule has 0 radical (unpaired) electrons. The summed E-state index contributed by atoms with van der Waals surface area (Å²) in [7, 11) is 0. The van der Waals surface area contributed by atoms with E-state index < -0.39 is 30.2 Å². The number of carboxylic acids is 1. The Bertz CT molecular complexity index is 1010. The van der Waals surface area contributed by atoms with Gasteiger partial charge in [0.1, 0.15) is 19.3 Å². The molecule has 0 bridgehead atoms. The SMILES string of the molecule is CC[C@H](C)[C@H](NC(=O)OC[C@@H](NC(=O)OCC1c2ccccc2-c2ccccc21)C(C)C)C(=O)O. The van der Waals surface area contributed by atoms with Crippen LogP contribution in [-0.4, -0.2) is 48.6 Å². The fourth-order valence-corrected chi connectivity index (χ4v) is 4.21. The van der Waals surface area contributed by atoms with Crippen LogP contribution in [0.15, 0.2) is 48.5 Å². The van der Waals surface area contributed by atoms with Crippen molar-refractivity contribution in [3.05, 3.63) is 59.7 Å². The Balaban J connectivity index is 1.55. The third kappa shape index (κ3) is 6.32. The first-order valence-electron chi connectivity index (χ1n) is 12.0. The van der Waals surface area contributed by atoms with Gasteiger partial charge in [0, 0.05) is 5.92 Å². The lowest BCUT2D eigenvalue weighted by molar-refractivity contribution is -0.140. The highest BCUT2D eigenvalue weighted by atomic mass is 16.6. The molecule has 8 heteroatoms. The van der Waals surface area contributed by atoms with Crippen LogP contribution < -0.4 is 10.6 Å². The lowest BCUT2D eigenvalue weighted by atomic mass is 9.98. The van der Waals surface area contributed by atoms with Gasteiger partial charge in [0.25, 0.3) is 0 Å². The van der Waals surface area contributed by atoms with Gasteiger partial charge < -0.3 is 25.2 Å². The number of carbonyl (C=O) groups is 3. The predicted molar refractivity (Wildman–Crippen MR) is 132 cm³/mol. The zero-order valence-corrected chi connectivity index (χ0v) is 20.6. The summed E-state index contributed by atoms with van der Waals surface area (Å²) in [5.41, 5.74) is 4.54. The molecule has 0 fully saturated rings. The van der Waals surface area contributed by atoms with Gasteiger partial charge >= 0.3 is 18.2 Å². The maximum Gasteiger partial charge on any atom is 0.407 e. The molecule has 0 heterocycles. The zero-order valence-electron chi connectivity index (χ0n) is 20.6. The van der Waals surface area contributed by atoms with Crippen molar-refractivity contribution in [2.24, 2.45) is 11.8 Å². The second kappa shape index (κ2) is 11.7. The summed E-state index contributed by atoms with van der Waals surface area (Å²) < 4.78 is 10.8. The van der Waals surface area contributed by atoms with Crippen LogP contribution in [0.5, 0.6) is 0 Å². The molecular formula is C27H34N2O6. The average Bonchev–Trinajstić information content (AvgIpc) is 3.16. The molecule has 0 unspecified atom stereocenters. The Morgan fingerprint density at radius 3 is 1.94 bits per heavy atom. The van der Waals surface area contributed by atoms with E-state index in [4.69, 9.17) is 9.47 Å². The summed E-state index contributed by atoms with van der Waals surface area (Å²) in [6.07, 6.45) is -0.842. The van der Waals surface area contributed by atoms with E-state index in [1.165, 1.54) is 0 Å². The van der Waals surface area contributed by atoms with Crippen molar-refractivity contribution in [1.82, 2.24) is 10.6 Å². The van der Waals surface area contributed by atoms with E-state index in [-0.39, 0.29) is 31.0 Å². The Kier molecular flexibility index (Phi) is 8.73. The second-order valence-electron chi connectivity index (χ2n) is 9.26. The normalized spacial score (nSPS) is 14.9. The van der Waals surface area contributed by atoms with Crippen LogP contribution in [0.4, 0.5) is 9.59 Å². The highest BCUT2D eigenvalue weighted by molar-refractivity contribution is 5.80. The molecular weight excluding hydrogens is 448 g/mol. The van der Waals surface area contributed by atoms with Crippen molar-refractivity contribution >= 4 is 18.2 Å². The number of fused-ring (bicyclic) bond motifs is 3. The van der Waals surface area contributed by atoms with Crippen LogP contribution in [-0.2, 0) is 14.3 Å². The number of hydrogen-bond acceptors (Lipinski definition) is 5. The summed E-state index contributed by atoms with van der Waals surface area (Å²) in [6.45, 7) is 7.43. The van der Waals surface area contributed by atoms with Crippen molar-refractivity contribution in [3.8, 4) is 11.1 Å². The Labute approximate surface area is 206 Å². The van der Waals surface area contributed by atoms with Crippen molar-refractivity contribution in [2.75, 3.05) is 13.2 Å². The molecule has 2 aromatic rings. The molecule has 1 aliphatic rings. The quantitative estimate of drug-likeness (QED) is 0.449. The molecule has 3 N–H and O–H groups in total. The van der Waals surface area contributed by atoms with E-state index in [0.29, 0.717) is 6.42 Å². The minimum Gasteiger partial charge on any atom is -0.480 e. The summed E-state index contributed by atoms with van der Waals surface area (Å²) >= 11 is 0. The number of nitrogens with one attached hydrogen (secondary N) is 2. The first kappa shape index (κ1) is 26.1. The summed E-state index contributed by atoms with van der Waals surface area (Å²) in [4.78, 5) is 36.2. The number of ether oxygens (including phenoxy) is 2. The molecule has 0 saturated heterocycles. The molecule has 1 aliphatic carbocycles.